The van der Waals surface area contributed by atoms with Gasteiger partial charge in [-0.05, 0) is 49.3 Å². The first-order valence-electron chi connectivity index (χ1n) is 6.46. The number of aryl methyl sites for hydroxylation is 3. The van der Waals surface area contributed by atoms with E-state index in [-0.39, 0.29) is 0 Å². The highest BCUT2D eigenvalue weighted by molar-refractivity contribution is 9.10. The van der Waals surface area contributed by atoms with E-state index in [1.54, 1.807) is 0 Å². The van der Waals surface area contributed by atoms with Gasteiger partial charge in [0.25, 0.3) is 0 Å². The maximum absolute atomic E-state index is 5.49. The molecule has 0 amide bonds. The average molecular weight is 351 g/mol. The Morgan fingerprint density at radius 3 is 2.80 bits per heavy atom. The van der Waals surface area contributed by atoms with E-state index in [1.165, 1.54) is 5.56 Å². The molecule has 0 atom stereocenters. The number of aromatic amines is 1. The second kappa shape index (κ2) is 4.86. The molecule has 0 aliphatic rings. The standard InChI is InChI=1S/C14H15BrN4S/c1-4-11-12-13(18(3)17-11)19(14(20)16-12)9-5-6-10(15)8(2)7-9/h5-7H,4H2,1-3H3,(H,16,20). The lowest BCUT2D eigenvalue weighted by atomic mass is 10.2. The van der Waals surface area contributed by atoms with E-state index >= 15 is 0 Å². The van der Waals surface area contributed by atoms with Gasteiger partial charge in [0, 0.05) is 11.5 Å². The van der Waals surface area contributed by atoms with Crippen LogP contribution in [0.5, 0.6) is 0 Å². The summed E-state index contributed by atoms with van der Waals surface area (Å²) in [6.07, 6.45) is 0.881. The predicted octanol–water partition coefficient (Wildman–Crippen LogP) is 4.05. The number of nitrogens with zero attached hydrogens (tertiary/aromatic N) is 3. The molecular formula is C14H15BrN4S. The largest absolute Gasteiger partial charge is 0.327 e. The molecule has 104 valence electrons. The molecule has 0 fully saturated rings. The van der Waals surface area contributed by atoms with Gasteiger partial charge in [-0.25, -0.2) is 4.68 Å². The minimum Gasteiger partial charge on any atom is -0.327 e. The molecule has 6 heteroatoms. The molecule has 3 rings (SSSR count). The zero-order chi connectivity index (χ0) is 14.4. The van der Waals surface area contributed by atoms with Crippen LogP contribution in [0.15, 0.2) is 22.7 Å². The number of hydrogen-bond donors (Lipinski definition) is 1. The zero-order valence-corrected chi connectivity index (χ0v) is 14.0. The number of imidazole rings is 1. The topological polar surface area (TPSA) is 38.5 Å². The van der Waals surface area contributed by atoms with Crippen LogP contribution in [0.1, 0.15) is 18.2 Å². The first-order chi connectivity index (χ1) is 9.52. The van der Waals surface area contributed by atoms with Crippen molar-refractivity contribution in [3.05, 3.63) is 38.7 Å². The highest BCUT2D eigenvalue weighted by Gasteiger charge is 2.15. The van der Waals surface area contributed by atoms with Crippen LogP contribution in [0.2, 0.25) is 0 Å². The summed E-state index contributed by atoms with van der Waals surface area (Å²) in [5.41, 5.74) is 5.31. The number of halogens is 1. The molecule has 2 heterocycles. The van der Waals surface area contributed by atoms with E-state index in [2.05, 4.69) is 52.0 Å². The number of benzene rings is 1. The summed E-state index contributed by atoms with van der Waals surface area (Å²) in [6, 6.07) is 6.22. The van der Waals surface area contributed by atoms with Gasteiger partial charge in [0.2, 0.25) is 0 Å². The van der Waals surface area contributed by atoms with Crippen LogP contribution in [0, 0.1) is 11.7 Å². The minimum absolute atomic E-state index is 0.699. The Balaban J connectivity index is 2.35. The molecule has 3 aromatic rings. The van der Waals surface area contributed by atoms with E-state index in [9.17, 15) is 0 Å². The number of nitrogens with one attached hydrogen (secondary N) is 1. The van der Waals surface area contributed by atoms with Gasteiger partial charge < -0.3 is 4.98 Å². The molecule has 1 aromatic carbocycles. The molecule has 0 unspecified atom stereocenters. The van der Waals surface area contributed by atoms with Crippen molar-refractivity contribution in [2.45, 2.75) is 20.3 Å². The molecular weight excluding hydrogens is 336 g/mol. The van der Waals surface area contributed by atoms with Crippen LogP contribution in [-0.2, 0) is 13.5 Å². The SMILES string of the molecule is CCc1nn(C)c2c1[nH]c(=S)n2-c1ccc(Br)c(C)c1. The molecule has 1 N–H and O–H groups in total. The Kier molecular flexibility index (Phi) is 3.30. The van der Waals surface area contributed by atoms with Crippen molar-refractivity contribution < 1.29 is 0 Å². The van der Waals surface area contributed by atoms with Crippen molar-refractivity contribution in [1.82, 2.24) is 19.3 Å². The van der Waals surface area contributed by atoms with E-state index < -0.39 is 0 Å². The maximum atomic E-state index is 5.49. The summed E-state index contributed by atoms with van der Waals surface area (Å²) in [7, 11) is 1.95. The Bertz CT molecular complexity index is 856. The van der Waals surface area contributed by atoms with Gasteiger partial charge in [-0.1, -0.05) is 22.9 Å². The van der Waals surface area contributed by atoms with Gasteiger partial charge in [-0.3, -0.25) is 4.57 Å². The third-order valence-electron chi connectivity index (χ3n) is 3.47. The zero-order valence-electron chi connectivity index (χ0n) is 11.6. The lowest BCUT2D eigenvalue weighted by Gasteiger charge is -2.07. The fraction of sp³-hybridized carbons (Fsp3) is 0.286. The first kappa shape index (κ1) is 13.6. The van der Waals surface area contributed by atoms with Crippen LogP contribution >= 0.6 is 28.1 Å². The molecule has 0 radical (unpaired) electrons. The highest BCUT2D eigenvalue weighted by atomic mass is 79.9. The number of hydrogen-bond acceptors (Lipinski definition) is 2. The van der Waals surface area contributed by atoms with Gasteiger partial charge in [0.05, 0.1) is 11.4 Å². The molecule has 2 aromatic heterocycles. The number of rotatable bonds is 2. The quantitative estimate of drug-likeness (QED) is 0.708. The summed E-state index contributed by atoms with van der Waals surface area (Å²) in [5.74, 6) is 0. The summed E-state index contributed by atoms with van der Waals surface area (Å²) in [4.78, 5) is 3.28. The van der Waals surface area contributed by atoms with Gasteiger partial charge in [-0.2, -0.15) is 5.10 Å². The van der Waals surface area contributed by atoms with Crippen molar-refractivity contribution in [2.75, 3.05) is 0 Å². The monoisotopic (exact) mass is 350 g/mol. The van der Waals surface area contributed by atoms with E-state index in [0.717, 1.165) is 33.4 Å². The average Bonchev–Trinajstić information content (AvgIpc) is 2.90. The predicted molar refractivity (Wildman–Crippen MR) is 87.0 cm³/mol. The molecule has 0 aliphatic carbocycles. The smallest absolute Gasteiger partial charge is 0.184 e. The van der Waals surface area contributed by atoms with E-state index in [0.29, 0.717) is 4.77 Å². The normalized spacial score (nSPS) is 11.4. The van der Waals surface area contributed by atoms with Crippen molar-refractivity contribution in [2.24, 2.45) is 7.05 Å². The molecule has 4 nitrogen and oxygen atoms in total. The van der Waals surface area contributed by atoms with Crippen molar-refractivity contribution >= 4 is 39.3 Å². The lowest BCUT2D eigenvalue weighted by Crippen LogP contribution is -2.01. The Morgan fingerprint density at radius 1 is 1.40 bits per heavy atom. The van der Waals surface area contributed by atoms with Gasteiger partial charge in [0.15, 0.2) is 10.4 Å². The molecule has 0 saturated heterocycles. The van der Waals surface area contributed by atoms with E-state index in [4.69, 9.17) is 12.2 Å². The molecule has 0 aliphatic heterocycles. The highest BCUT2D eigenvalue weighted by Crippen LogP contribution is 2.25. The van der Waals surface area contributed by atoms with Crippen LogP contribution < -0.4 is 0 Å². The summed E-state index contributed by atoms with van der Waals surface area (Å²) in [5, 5.41) is 4.54. The second-order valence-corrected chi connectivity index (χ2v) is 6.06. The van der Waals surface area contributed by atoms with Gasteiger partial charge in [-0.15, -0.1) is 0 Å². The third kappa shape index (κ3) is 1.94. The van der Waals surface area contributed by atoms with Gasteiger partial charge in [0.1, 0.15) is 5.52 Å². The Morgan fingerprint density at radius 2 is 2.15 bits per heavy atom. The number of fused-ring (bicyclic) bond motifs is 1. The molecule has 20 heavy (non-hydrogen) atoms. The van der Waals surface area contributed by atoms with Crippen molar-refractivity contribution in [1.29, 1.82) is 0 Å². The fourth-order valence-electron chi connectivity index (χ4n) is 2.47. The minimum atomic E-state index is 0.699. The first-order valence-corrected chi connectivity index (χ1v) is 7.66. The third-order valence-corrected chi connectivity index (χ3v) is 4.65. The van der Waals surface area contributed by atoms with Crippen LogP contribution in [0.4, 0.5) is 0 Å². The Labute approximate surface area is 130 Å². The number of H-pyrrole nitrogens is 1. The maximum Gasteiger partial charge on any atom is 0.184 e. The van der Waals surface area contributed by atoms with Crippen molar-refractivity contribution in [3.63, 3.8) is 0 Å². The molecule has 0 saturated carbocycles. The van der Waals surface area contributed by atoms with Crippen molar-refractivity contribution in [3.8, 4) is 5.69 Å². The van der Waals surface area contributed by atoms with Crippen LogP contribution in [-0.4, -0.2) is 19.3 Å². The van der Waals surface area contributed by atoms with Crippen LogP contribution in [0.25, 0.3) is 16.9 Å². The number of aromatic nitrogens is 4. The fourth-order valence-corrected chi connectivity index (χ4v) is 3.01. The summed E-state index contributed by atoms with van der Waals surface area (Å²) < 4.78 is 5.72. The van der Waals surface area contributed by atoms with Gasteiger partial charge >= 0.3 is 0 Å². The Hall–Kier alpha value is -1.40. The molecule has 0 bridgehead atoms. The summed E-state index contributed by atoms with van der Waals surface area (Å²) >= 11 is 9.02. The summed E-state index contributed by atoms with van der Waals surface area (Å²) in [6.45, 7) is 4.17. The second-order valence-electron chi connectivity index (χ2n) is 4.82. The molecule has 0 spiro atoms. The lowest BCUT2D eigenvalue weighted by molar-refractivity contribution is 0.748. The van der Waals surface area contributed by atoms with E-state index in [1.807, 2.05) is 22.4 Å². The van der Waals surface area contributed by atoms with Crippen LogP contribution in [0.3, 0.4) is 0 Å².